The number of nitrogens with one attached hydrogen (secondary N) is 1. The van der Waals surface area contributed by atoms with Crippen molar-refractivity contribution >= 4 is 21.6 Å². The van der Waals surface area contributed by atoms with Gasteiger partial charge in [-0.25, -0.2) is 13.1 Å². The Hall–Kier alpha value is -2.40. The number of benzene rings is 1. The molecule has 1 spiro atoms. The van der Waals surface area contributed by atoms with Crippen molar-refractivity contribution < 1.29 is 40.6 Å². The minimum atomic E-state index is -5.02. The molecule has 0 aromatic heterocycles. The molecule has 4 aliphatic rings. The minimum absolute atomic E-state index is 0.0911. The molecule has 4 heterocycles. The van der Waals surface area contributed by atoms with Gasteiger partial charge in [-0.05, 0) is 32.4 Å². The molecule has 4 saturated heterocycles. The van der Waals surface area contributed by atoms with Crippen molar-refractivity contribution in [3.8, 4) is 11.8 Å². The number of carbonyl (C=O) groups is 1. The Morgan fingerprint density at radius 3 is 2.76 bits per heavy atom. The van der Waals surface area contributed by atoms with Gasteiger partial charge in [0.2, 0.25) is 15.9 Å². The van der Waals surface area contributed by atoms with E-state index in [4.69, 9.17) is 9.47 Å². The number of hydrogen-bond acceptors (Lipinski definition) is 7. The highest BCUT2D eigenvalue weighted by molar-refractivity contribution is 7.89. The first-order chi connectivity index (χ1) is 15.8. The molecule has 1 amide bonds. The summed E-state index contributed by atoms with van der Waals surface area (Å²) in [4.78, 5) is 14.9. The van der Waals surface area contributed by atoms with Crippen molar-refractivity contribution in [1.29, 1.82) is 5.26 Å². The first-order valence-corrected chi connectivity index (χ1v) is 12.4. The molecule has 1 aromatic rings. The Balaban J connectivity index is 1.55. The van der Waals surface area contributed by atoms with Crippen molar-refractivity contribution in [2.45, 2.75) is 56.5 Å². The topological polar surface area (TPSA) is 118 Å². The van der Waals surface area contributed by atoms with Crippen molar-refractivity contribution in [3.63, 3.8) is 0 Å². The predicted octanol–water partition coefficient (Wildman–Crippen LogP) is 2.02. The van der Waals surface area contributed by atoms with Crippen molar-refractivity contribution in [2.24, 2.45) is 11.8 Å². The summed E-state index contributed by atoms with van der Waals surface area (Å²) in [5.74, 6) is -2.41. The normalized spacial score (nSPS) is 36.5. The number of ether oxygens (including phenoxy) is 3. The van der Waals surface area contributed by atoms with Crippen LogP contribution in [0.3, 0.4) is 0 Å². The summed E-state index contributed by atoms with van der Waals surface area (Å²) in [6, 6.07) is 4.61. The molecule has 13 heteroatoms. The molecule has 6 atom stereocenters. The molecule has 184 valence electrons. The number of carbonyl (C=O) groups excluding carboxylic acids is 1. The van der Waals surface area contributed by atoms with Crippen LogP contribution in [0.2, 0.25) is 0 Å². The van der Waals surface area contributed by atoms with E-state index in [9.17, 15) is 31.6 Å². The van der Waals surface area contributed by atoms with E-state index in [-0.39, 0.29) is 35.9 Å². The quantitative estimate of drug-likeness (QED) is 0.656. The fourth-order valence-corrected chi connectivity index (χ4v) is 7.00. The summed E-state index contributed by atoms with van der Waals surface area (Å²) in [6.07, 6.45) is -5.23. The van der Waals surface area contributed by atoms with E-state index in [0.29, 0.717) is 6.42 Å². The molecule has 0 aliphatic carbocycles. The summed E-state index contributed by atoms with van der Waals surface area (Å²) in [6.45, 7) is 3.45. The molecule has 2 bridgehead atoms. The van der Waals surface area contributed by atoms with Gasteiger partial charge in [0.25, 0.3) is 0 Å². The minimum Gasteiger partial charge on any atom is -0.404 e. The van der Waals surface area contributed by atoms with Crippen molar-refractivity contribution in [1.82, 2.24) is 4.72 Å². The van der Waals surface area contributed by atoms with Gasteiger partial charge in [-0.2, -0.15) is 5.26 Å². The van der Waals surface area contributed by atoms with Crippen LogP contribution >= 0.6 is 0 Å². The van der Waals surface area contributed by atoms with Gasteiger partial charge in [0.1, 0.15) is 18.0 Å². The maximum absolute atomic E-state index is 13.6. The van der Waals surface area contributed by atoms with Crippen LogP contribution in [0.1, 0.15) is 32.3 Å². The van der Waals surface area contributed by atoms with Crippen LogP contribution in [-0.2, 0) is 24.3 Å². The van der Waals surface area contributed by atoms with E-state index in [0.717, 1.165) is 12.1 Å². The first kappa shape index (κ1) is 23.3. The Kier molecular flexibility index (Phi) is 5.01. The Bertz CT molecular complexity index is 1200. The predicted molar refractivity (Wildman–Crippen MR) is 110 cm³/mol. The van der Waals surface area contributed by atoms with Gasteiger partial charge >= 0.3 is 6.36 Å². The highest BCUT2D eigenvalue weighted by Crippen LogP contribution is 2.65. The summed E-state index contributed by atoms with van der Waals surface area (Å²) in [5, 5.41) is 9.17. The number of amides is 1. The molecule has 4 fully saturated rings. The van der Waals surface area contributed by atoms with Crippen molar-refractivity contribution in [3.05, 3.63) is 23.8 Å². The Morgan fingerprint density at radius 2 is 2.12 bits per heavy atom. The number of nitriles is 1. The van der Waals surface area contributed by atoms with Crippen LogP contribution in [0.4, 0.5) is 18.9 Å². The monoisotopic (exact) mass is 501 g/mol. The number of alkyl halides is 3. The lowest BCUT2D eigenvalue weighted by atomic mass is 9.64. The molecule has 0 unspecified atom stereocenters. The van der Waals surface area contributed by atoms with Crippen LogP contribution in [0.5, 0.6) is 5.75 Å². The van der Waals surface area contributed by atoms with Crippen LogP contribution in [-0.4, -0.2) is 56.5 Å². The molecule has 0 saturated carbocycles. The number of nitrogens with zero attached hydrogens (tertiary/aromatic N) is 2. The Morgan fingerprint density at radius 1 is 1.38 bits per heavy atom. The molecule has 5 rings (SSSR count). The highest BCUT2D eigenvalue weighted by Gasteiger charge is 2.78. The number of fused-ring (bicyclic) bond motifs is 2. The van der Waals surface area contributed by atoms with Gasteiger partial charge in [0.15, 0.2) is 0 Å². The van der Waals surface area contributed by atoms with Gasteiger partial charge in [-0.15, -0.1) is 13.2 Å². The average Bonchev–Trinajstić information content (AvgIpc) is 3.30. The SMILES string of the molecule is CCS(=O)(=O)N[C@H]1C[C@]2(C)O[C@@]13CCO[C@H]1[C@@H]3[C@@H]2C(=O)N1c1ccc(C#N)c(OC(F)(F)F)c1. The third-order valence-corrected chi connectivity index (χ3v) is 8.75. The van der Waals surface area contributed by atoms with E-state index >= 15 is 0 Å². The molecular formula is C21H22F3N3O6S. The second kappa shape index (κ2) is 7.30. The zero-order chi connectivity index (χ0) is 24.7. The summed E-state index contributed by atoms with van der Waals surface area (Å²) in [7, 11) is -3.56. The molecule has 0 radical (unpaired) electrons. The summed E-state index contributed by atoms with van der Waals surface area (Å²) < 4.78 is 82.4. The fourth-order valence-electron chi connectivity index (χ4n) is 6.12. The zero-order valence-corrected chi connectivity index (χ0v) is 19.1. The molecule has 1 N–H and O–H groups in total. The highest BCUT2D eigenvalue weighted by atomic mass is 32.2. The Labute approximate surface area is 193 Å². The van der Waals surface area contributed by atoms with Crippen LogP contribution in [0.15, 0.2) is 18.2 Å². The van der Waals surface area contributed by atoms with Gasteiger partial charge < -0.3 is 14.2 Å². The third-order valence-electron chi connectivity index (χ3n) is 7.34. The molecule has 1 aromatic carbocycles. The van der Waals surface area contributed by atoms with E-state index in [1.807, 2.05) is 0 Å². The number of sulfonamides is 1. The van der Waals surface area contributed by atoms with Crippen LogP contribution in [0.25, 0.3) is 0 Å². The molecule has 9 nitrogen and oxygen atoms in total. The van der Waals surface area contributed by atoms with Crippen molar-refractivity contribution in [2.75, 3.05) is 17.3 Å². The van der Waals surface area contributed by atoms with Gasteiger partial charge in [0.05, 0.1) is 46.8 Å². The third kappa shape index (κ3) is 3.30. The lowest BCUT2D eigenvalue weighted by molar-refractivity contribution is -0.274. The maximum atomic E-state index is 13.6. The molecule has 4 aliphatic heterocycles. The fraction of sp³-hybridized carbons (Fsp3) is 0.619. The number of halogens is 3. The molecular weight excluding hydrogens is 479 g/mol. The van der Waals surface area contributed by atoms with Gasteiger partial charge in [-0.1, -0.05) is 0 Å². The maximum Gasteiger partial charge on any atom is 0.573 e. The second-order valence-electron chi connectivity index (χ2n) is 9.21. The summed E-state index contributed by atoms with van der Waals surface area (Å²) >= 11 is 0. The standard InChI is InChI=1S/C21H22F3N3O6S/c1-3-34(29,30)26-14-9-19(2)15-16-18(31-7-6-20(14,16)33-19)27(17(15)28)12-5-4-11(10-25)13(8-12)32-21(22,23)24/h4-5,8,14-16,18,26H,3,6-7,9H2,1-2H3/t14-,15+,16-,18-,19-,20-/m0/s1. The lowest BCUT2D eigenvalue weighted by Crippen LogP contribution is -2.61. The van der Waals surface area contributed by atoms with E-state index in [1.165, 1.54) is 17.9 Å². The van der Waals surface area contributed by atoms with Gasteiger partial charge in [-0.3, -0.25) is 9.69 Å². The van der Waals surface area contributed by atoms with Gasteiger partial charge in [0, 0.05) is 18.4 Å². The zero-order valence-electron chi connectivity index (χ0n) is 18.3. The lowest BCUT2D eigenvalue weighted by Gasteiger charge is -2.45. The van der Waals surface area contributed by atoms with Crippen LogP contribution in [0, 0.1) is 23.2 Å². The summed E-state index contributed by atoms with van der Waals surface area (Å²) in [5.41, 5.74) is -2.19. The first-order valence-electron chi connectivity index (χ1n) is 10.8. The van der Waals surface area contributed by atoms with E-state index < -0.39 is 57.4 Å². The van der Waals surface area contributed by atoms with E-state index in [2.05, 4.69) is 9.46 Å². The number of anilines is 1. The molecule has 34 heavy (non-hydrogen) atoms. The number of rotatable bonds is 5. The number of hydrogen-bond donors (Lipinski definition) is 1. The van der Waals surface area contributed by atoms with Crippen LogP contribution < -0.4 is 14.4 Å². The smallest absolute Gasteiger partial charge is 0.404 e. The second-order valence-corrected chi connectivity index (χ2v) is 11.3. The largest absolute Gasteiger partial charge is 0.573 e. The van der Waals surface area contributed by atoms with E-state index in [1.54, 1.807) is 13.0 Å². The average molecular weight is 501 g/mol.